The molecule has 2 aromatic rings. The van der Waals surface area contributed by atoms with Gasteiger partial charge in [-0.15, -0.1) is 0 Å². The lowest BCUT2D eigenvalue weighted by molar-refractivity contribution is -0.142. The van der Waals surface area contributed by atoms with Crippen LogP contribution in [0.1, 0.15) is 33.6 Å². The zero-order chi connectivity index (χ0) is 17.9. The lowest BCUT2D eigenvalue weighted by Gasteiger charge is -2.13. The van der Waals surface area contributed by atoms with E-state index in [-0.39, 0.29) is 5.97 Å². The summed E-state index contributed by atoms with van der Waals surface area (Å²) in [6, 6.07) is 0. The molecule has 8 nitrogen and oxygen atoms in total. The van der Waals surface area contributed by atoms with Crippen LogP contribution in [0.3, 0.4) is 0 Å². The van der Waals surface area contributed by atoms with Gasteiger partial charge >= 0.3 is 11.7 Å². The summed E-state index contributed by atoms with van der Waals surface area (Å²) in [7, 11) is 1.56. The van der Waals surface area contributed by atoms with E-state index in [1.807, 2.05) is 13.8 Å². The highest BCUT2D eigenvalue weighted by Crippen LogP contribution is 2.28. The molecule has 0 amide bonds. The molecule has 0 aromatic carbocycles. The molecule has 0 unspecified atom stereocenters. The van der Waals surface area contributed by atoms with Crippen molar-refractivity contribution in [2.75, 3.05) is 6.61 Å². The number of ether oxygens (including phenoxy) is 1. The van der Waals surface area contributed by atoms with Gasteiger partial charge in [0.2, 0.25) is 0 Å². The molecular weight excluding hydrogens is 332 g/mol. The summed E-state index contributed by atoms with van der Waals surface area (Å²) in [4.78, 5) is 42.8. The molecule has 0 aliphatic rings. The van der Waals surface area contributed by atoms with Crippen LogP contribution in [-0.4, -0.2) is 36.9 Å². The van der Waals surface area contributed by atoms with Crippen molar-refractivity contribution in [1.82, 2.24) is 19.1 Å². The topological polar surface area (TPSA) is 99.0 Å². The normalized spacial score (nSPS) is 12.5. The Morgan fingerprint density at radius 3 is 2.62 bits per heavy atom. The van der Waals surface area contributed by atoms with Gasteiger partial charge in [0.25, 0.3) is 5.56 Å². The third kappa shape index (κ3) is 3.40. The fourth-order valence-electron chi connectivity index (χ4n) is 2.40. The first-order valence-electron chi connectivity index (χ1n) is 7.97. The predicted molar refractivity (Wildman–Crippen MR) is 92.5 cm³/mol. The van der Waals surface area contributed by atoms with Gasteiger partial charge in [0.15, 0.2) is 16.3 Å². The molecule has 0 aliphatic heterocycles. The molecule has 0 spiro atoms. The maximum Gasteiger partial charge on any atom is 0.329 e. The van der Waals surface area contributed by atoms with Gasteiger partial charge < -0.3 is 9.30 Å². The number of fused-ring (bicyclic) bond motifs is 1. The van der Waals surface area contributed by atoms with Gasteiger partial charge in [-0.1, -0.05) is 25.6 Å². The van der Waals surface area contributed by atoms with Crippen molar-refractivity contribution in [3.8, 4) is 0 Å². The molecule has 2 rings (SSSR count). The number of aromatic amines is 1. The second-order valence-corrected chi connectivity index (χ2v) is 6.47. The Labute approximate surface area is 143 Å². The van der Waals surface area contributed by atoms with E-state index in [0.29, 0.717) is 35.9 Å². The number of aryl methyl sites for hydroxylation is 2. The number of carbonyl (C=O) groups is 1. The number of hydrogen-bond donors (Lipinski definition) is 1. The van der Waals surface area contributed by atoms with Crippen molar-refractivity contribution in [3.05, 3.63) is 20.8 Å². The highest BCUT2D eigenvalue weighted by atomic mass is 32.2. The van der Waals surface area contributed by atoms with Crippen molar-refractivity contribution in [2.24, 2.45) is 7.05 Å². The summed E-state index contributed by atoms with van der Waals surface area (Å²) < 4.78 is 8.16. The van der Waals surface area contributed by atoms with Crippen molar-refractivity contribution in [1.29, 1.82) is 0 Å². The van der Waals surface area contributed by atoms with E-state index in [1.54, 1.807) is 18.5 Å². The first-order chi connectivity index (χ1) is 11.4. The number of esters is 1. The van der Waals surface area contributed by atoms with Crippen LogP contribution in [0.25, 0.3) is 11.2 Å². The summed E-state index contributed by atoms with van der Waals surface area (Å²) >= 11 is 1.26. The van der Waals surface area contributed by atoms with Crippen LogP contribution in [0.5, 0.6) is 0 Å². The first-order valence-corrected chi connectivity index (χ1v) is 8.85. The van der Waals surface area contributed by atoms with E-state index in [1.165, 1.54) is 16.3 Å². The molecular formula is C15H22N4O4S. The van der Waals surface area contributed by atoms with Gasteiger partial charge in [0, 0.05) is 13.6 Å². The van der Waals surface area contributed by atoms with Crippen LogP contribution in [-0.2, 0) is 23.1 Å². The monoisotopic (exact) mass is 354 g/mol. The zero-order valence-electron chi connectivity index (χ0n) is 14.3. The maximum absolute atomic E-state index is 12.2. The Bertz CT molecular complexity index is 852. The fourth-order valence-corrected chi connectivity index (χ4v) is 3.43. The molecule has 132 valence electrons. The molecule has 0 aliphatic carbocycles. The Hall–Kier alpha value is -2.03. The van der Waals surface area contributed by atoms with Crippen molar-refractivity contribution in [2.45, 2.75) is 50.6 Å². The van der Waals surface area contributed by atoms with Crippen LogP contribution < -0.4 is 11.2 Å². The molecule has 2 aromatic heterocycles. The quantitative estimate of drug-likeness (QED) is 0.594. The maximum atomic E-state index is 12.2. The van der Waals surface area contributed by atoms with Crippen molar-refractivity contribution in [3.63, 3.8) is 0 Å². The summed E-state index contributed by atoms with van der Waals surface area (Å²) in [5.74, 6) is -0.303. The van der Waals surface area contributed by atoms with Crippen LogP contribution in [0.15, 0.2) is 14.7 Å². The highest BCUT2D eigenvalue weighted by molar-refractivity contribution is 8.00. The second kappa shape index (κ2) is 7.69. The number of carbonyl (C=O) groups excluding carboxylic acids is 1. The first kappa shape index (κ1) is 18.3. The lowest BCUT2D eigenvalue weighted by Crippen LogP contribution is -2.29. The Kier molecular flexibility index (Phi) is 5.87. The number of nitrogens with one attached hydrogen (secondary N) is 1. The molecule has 0 saturated carbocycles. The van der Waals surface area contributed by atoms with E-state index >= 15 is 0 Å². The molecule has 0 fully saturated rings. The molecule has 1 N–H and O–H groups in total. The lowest BCUT2D eigenvalue weighted by atomic mass is 10.3. The molecule has 0 bridgehead atoms. The van der Waals surface area contributed by atoms with Gasteiger partial charge in [-0.3, -0.25) is 19.1 Å². The number of nitrogens with zero attached hydrogens (tertiary/aromatic N) is 3. The van der Waals surface area contributed by atoms with Gasteiger partial charge in [0.05, 0.1) is 6.61 Å². The summed E-state index contributed by atoms with van der Waals surface area (Å²) in [5, 5.41) is 0.131. The smallest absolute Gasteiger partial charge is 0.329 e. The van der Waals surface area contributed by atoms with Gasteiger partial charge in [0.1, 0.15) is 5.25 Å². The van der Waals surface area contributed by atoms with Crippen LogP contribution in [0.2, 0.25) is 0 Å². The standard InChI is InChI=1S/C15H22N4O4S/c1-5-8-19-10-11(18(4)14(22)17-12(10)20)16-15(19)24-9(6-2)13(21)23-7-3/h9H,5-8H2,1-4H3,(H,17,20,22)/t9-/m1/s1. The SMILES string of the molecule is CCCn1c(S[C@H](CC)C(=O)OCC)nc2c1c(=O)[nH]c(=O)n2C. The average molecular weight is 354 g/mol. The molecule has 0 saturated heterocycles. The van der Waals surface area contributed by atoms with Crippen LogP contribution in [0.4, 0.5) is 0 Å². The minimum atomic E-state index is -0.511. The highest BCUT2D eigenvalue weighted by Gasteiger charge is 2.24. The molecule has 24 heavy (non-hydrogen) atoms. The average Bonchev–Trinajstić information content (AvgIpc) is 2.90. The Morgan fingerprint density at radius 1 is 1.33 bits per heavy atom. The van der Waals surface area contributed by atoms with E-state index in [2.05, 4.69) is 9.97 Å². The van der Waals surface area contributed by atoms with Gasteiger partial charge in [-0.25, -0.2) is 9.78 Å². The molecule has 9 heteroatoms. The Balaban J connectivity index is 2.57. The van der Waals surface area contributed by atoms with Crippen molar-refractivity contribution < 1.29 is 9.53 Å². The van der Waals surface area contributed by atoms with Gasteiger partial charge in [-0.2, -0.15) is 0 Å². The van der Waals surface area contributed by atoms with E-state index < -0.39 is 16.5 Å². The number of hydrogen-bond acceptors (Lipinski definition) is 6. The third-order valence-corrected chi connectivity index (χ3v) is 4.92. The predicted octanol–water partition coefficient (Wildman–Crippen LogP) is 1.27. The summed E-state index contributed by atoms with van der Waals surface area (Å²) in [5.41, 5.74) is -0.314. The molecule has 0 radical (unpaired) electrons. The number of aromatic nitrogens is 4. The molecule has 2 heterocycles. The molecule has 1 atom stereocenters. The largest absolute Gasteiger partial charge is 0.465 e. The fraction of sp³-hybridized carbons (Fsp3) is 0.600. The van der Waals surface area contributed by atoms with E-state index in [0.717, 1.165) is 6.42 Å². The number of H-pyrrole nitrogens is 1. The third-order valence-electron chi connectivity index (χ3n) is 3.59. The van der Waals surface area contributed by atoms with Crippen LogP contribution >= 0.6 is 11.8 Å². The summed E-state index contributed by atoms with van der Waals surface area (Å²) in [6.45, 7) is 6.52. The number of imidazole rings is 1. The van der Waals surface area contributed by atoms with E-state index in [4.69, 9.17) is 4.74 Å². The minimum absolute atomic E-state index is 0.303. The number of thioether (sulfide) groups is 1. The minimum Gasteiger partial charge on any atom is -0.465 e. The van der Waals surface area contributed by atoms with E-state index in [9.17, 15) is 14.4 Å². The van der Waals surface area contributed by atoms with Crippen LogP contribution in [0, 0.1) is 0 Å². The zero-order valence-corrected chi connectivity index (χ0v) is 15.1. The van der Waals surface area contributed by atoms with Gasteiger partial charge in [-0.05, 0) is 19.8 Å². The Morgan fingerprint density at radius 2 is 2.04 bits per heavy atom. The second-order valence-electron chi connectivity index (χ2n) is 5.30. The van der Waals surface area contributed by atoms with Crippen molar-refractivity contribution >= 4 is 28.9 Å². The number of rotatable bonds is 7. The summed E-state index contributed by atoms with van der Waals surface area (Å²) in [6.07, 6.45) is 1.37.